The van der Waals surface area contributed by atoms with Crippen molar-refractivity contribution >= 4 is 104 Å². The van der Waals surface area contributed by atoms with E-state index in [0.717, 1.165) is 69.4 Å². The lowest BCUT2D eigenvalue weighted by atomic mass is 9.87. The largest absolute Gasteiger partial charge is 0.480 e. The number of hydrogen-bond donors (Lipinski definition) is 3. The van der Waals surface area contributed by atoms with Gasteiger partial charge in [0.05, 0.1) is 8.95 Å². The van der Waals surface area contributed by atoms with Gasteiger partial charge in [-0.3, -0.25) is 4.79 Å². The lowest BCUT2D eigenvalue weighted by Crippen LogP contribution is -2.41. The standard InChI is InChI=1S/C32H43Br2Cl2N5O8S3/c1-2-18-49-32(44)37-13-4-3-8-25(31(42)43)39-51(45,46)23-19-24(33)30(38-20-23)40-14-9-21(10-15-40)6-5-7-22-11-16-41(17-12-22)52(47,48)27-26(34)28(35)50-29(27)36/h2,19-22,25,39H,1,3-18H2,(H,37,44)(H,42,43). The number of nitrogens with one attached hydrogen (secondary N) is 2. The Kier molecular flexibility index (Phi) is 16.5. The maximum Gasteiger partial charge on any atom is 0.407 e. The molecule has 4 rings (SSSR count). The predicted octanol–water partition coefficient (Wildman–Crippen LogP) is 7.28. The van der Waals surface area contributed by atoms with Crippen LogP contribution in [0.2, 0.25) is 8.67 Å². The number of anilines is 1. The number of carboxylic acid groups (broad SMARTS) is 1. The second-order valence-electron chi connectivity index (χ2n) is 12.8. The molecule has 1 amide bonds. The Hall–Kier alpha value is -1.51. The molecule has 0 aliphatic carbocycles. The van der Waals surface area contributed by atoms with E-state index in [1.807, 2.05) is 0 Å². The van der Waals surface area contributed by atoms with Crippen molar-refractivity contribution in [3.8, 4) is 0 Å². The number of aromatic nitrogens is 1. The van der Waals surface area contributed by atoms with Crippen molar-refractivity contribution in [3.05, 3.63) is 42.5 Å². The van der Waals surface area contributed by atoms with Crippen LogP contribution in [-0.2, 0) is 29.6 Å². The van der Waals surface area contributed by atoms with E-state index >= 15 is 0 Å². The fourth-order valence-electron chi connectivity index (χ4n) is 6.39. The molecule has 4 heterocycles. The Balaban J connectivity index is 1.18. The number of alkyl carbamates (subject to hydrolysis) is 1. The van der Waals surface area contributed by atoms with Crippen LogP contribution < -0.4 is 14.9 Å². The molecule has 2 aliphatic heterocycles. The molecule has 290 valence electrons. The molecule has 52 heavy (non-hydrogen) atoms. The first-order valence-electron chi connectivity index (χ1n) is 16.9. The highest BCUT2D eigenvalue weighted by Crippen LogP contribution is 2.44. The quantitative estimate of drug-likeness (QED) is 0.102. The SMILES string of the molecule is C=CCOC(=O)NCCCCC(NS(=O)(=O)c1cnc(N2CCC(CCCC3CCN(S(=O)(=O)c4c(Cl)sc(Cl)c4Br)CC3)CC2)c(Br)c1)C(=O)O. The number of thiophene rings is 1. The van der Waals surface area contributed by atoms with Crippen LogP contribution in [-0.4, -0.2) is 88.7 Å². The fraction of sp³-hybridized carbons (Fsp3) is 0.594. The molecule has 20 heteroatoms. The molecule has 0 spiro atoms. The van der Waals surface area contributed by atoms with Crippen molar-refractivity contribution in [1.29, 1.82) is 0 Å². The van der Waals surface area contributed by atoms with Gasteiger partial charge < -0.3 is 20.1 Å². The molecular weight excluding hydrogens is 909 g/mol. The van der Waals surface area contributed by atoms with E-state index in [4.69, 9.17) is 27.9 Å². The molecule has 0 radical (unpaired) electrons. The third kappa shape index (κ3) is 11.7. The second kappa shape index (κ2) is 19.9. The highest BCUT2D eigenvalue weighted by Gasteiger charge is 2.35. The van der Waals surface area contributed by atoms with Crippen LogP contribution in [0.4, 0.5) is 10.6 Å². The van der Waals surface area contributed by atoms with Gasteiger partial charge in [0, 0.05) is 38.9 Å². The lowest BCUT2D eigenvalue weighted by Gasteiger charge is -2.34. The van der Waals surface area contributed by atoms with Crippen molar-refractivity contribution in [2.24, 2.45) is 11.8 Å². The molecule has 2 aromatic rings. The van der Waals surface area contributed by atoms with E-state index in [9.17, 15) is 31.5 Å². The molecule has 2 aromatic heterocycles. The highest BCUT2D eigenvalue weighted by atomic mass is 79.9. The smallest absolute Gasteiger partial charge is 0.407 e. The molecule has 2 aliphatic rings. The van der Waals surface area contributed by atoms with Crippen molar-refractivity contribution in [2.45, 2.75) is 80.0 Å². The summed E-state index contributed by atoms with van der Waals surface area (Å²) in [5.41, 5.74) is 0. The molecular formula is C32H43Br2Cl2N5O8S3. The lowest BCUT2D eigenvalue weighted by molar-refractivity contribution is -0.139. The summed E-state index contributed by atoms with van der Waals surface area (Å²) >= 11 is 20.1. The minimum Gasteiger partial charge on any atom is -0.480 e. The molecule has 0 saturated carbocycles. The van der Waals surface area contributed by atoms with Crippen LogP contribution >= 0.6 is 66.4 Å². The van der Waals surface area contributed by atoms with Crippen LogP contribution in [0, 0.1) is 11.8 Å². The summed E-state index contributed by atoms with van der Waals surface area (Å²) in [6, 6.07) is 0.0892. The molecule has 0 aromatic carbocycles. The molecule has 2 saturated heterocycles. The first kappa shape index (κ1) is 43.2. The molecule has 0 bridgehead atoms. The van der Waals surface area contributed by atoms with E-state index in [-0.39, 0.29) is 33.7 Å². The fourth-order valence-corrected chi connectivity index (χ4v) is 13.3. The molecule has 2 fully saturated rings. The van der Waals surface area contributed by atoms with Crippen molar-refractivity contribution in [2.75, 3.05) is 44.2 Å². The van der Waals surface area contributed by atoms with Gasteiger partial charge in [0.25, 0.3) is 0 Å². The highest BCUT2D eigenvalue weighted by molar-refractivity contribution is 9.11. The Bertz CT molecular complexity index is 1790. The Morgan fingerprint density at radius 2 is 1.67 bits per heavy atom. The van der Waals surface area contributed by atoms with Gasteiger partial charge in [-0.1, -0.05) is 55.1 Å². The van der Waals surface area contributed by atoms with Gasteiger partial charge >= 0.3 is 12.1 Å². The Morgan fingerprint density at radius 1 is 1.04 bits per heavy atom. The number of carbonyl (C=O) groups is 2. The van der Waals surface area contributed by atoms with Gasteiger partial charge in [-0.15, -0.1) is 11.3 Å². The van der Waals surface area contributed by atoms with Gasteiger partial charge in [0.2, 0.25) is 20.0 Å². The zero-order valence-corrected chi connectivity index (χ0v) is 35.5. The van der Waals surface area contributed by atoms with Crippen molar-refractivity contribution in [1.82, 2.24) is 19.3 Å². The number of halogens is 4. The summed E-state index contributed by atoms with van der Waals surface area (Å²) in [7, 11) is -7.90. The third-order valence-corrected chi connectivity index (χ3v) is 16.6. The number of aliphatic carboxylic acids is 1. The van der Waals surface area contributed by atoms with Crippen molar-refractivity contribution in [3.63, 3.8) is 0 Å². The Labute approximate surface area is 336 Å². The Morgan fingerprint density at radius 3 is 2.23 bits per heavy atom. The average molecular weight is 953 g/mol. The van der Waals surface area contributed by atoms with Gasteiger partial charge in [-0.25, -0.2) is 26.6 Å². The average Bonchev–Trinajstić information content (AvgIpc) is 3.37. The summed E-state index contributed by atoms with van der Waals surface area (Å²) in [4.78, 5) is 29.8. The van der Waals surface area contributed by atoms with Crippen LogP contribution in [0.1, 0.15) is 64.2 Å². The molecule has 1 atom stereocenters. The summed E-state index contributed by atoms with van der Waals surface area (Å²) < 4.78 is 62.5. The third-order valence-electron chi connectivity index (χ3n) is 9.26. The van der Waals surface area contributed by atoms with Crippen LogP contribution in [0.25, 0.3) is 0 Å². The number of amides is 1. The minimum atomic E-state index is -4.18. The number of nitrogens with zero attached hydrogens (tertiary/aromatic N) is 3. The molecule has 13 nitrogen and oxygen atoms in total. The summed E-state index contributed by atoms with van der Waals surface area (Å²) in [5, 5.41) is 12.2. The van der Waals surface area contributed by atoms with Crippen LogP contribution in [0.3, 0.4) is 0 Å². The maximum absolute atomic E-state index is 13.2. The number of piperidine rings is 2. The number of unbranched alkanes of at least 4 members (excludes halogenated alkanes) is 1. The molecule has 1 unspecified atom stereocenters. The second-order valence-corrected chi connectivity index (χ2v) is 20.3. The minimum absolute atomic E-state index is 0.0310. The monoisotopic (exact) mass is 949 g/mol. The number of hydrogen-bond acceptors (Lipinski definition) is 10. The number of rotatable bonds is 18. The zero-order valence-electron chi connectivity index (χ0n) is 28.4. The van der Waals surface area contributed by atoms with Crippen LogP contribution in [0.15, 0.2) is 43.7 Å². The number of carbonyl (C=O) groups excluding carboxylic acids is 1. The first-order valence-corrected chi connectivity index (χ1v) is 23.0. The van der Waals surface area contributed by atoms with E-state index in [0.29, 0.717) is 56.9 Å². The van der Waals surface area contributed by atoms with Gasteiger partial charge in [0.1, 0.15) is 36.9 Å². The number of sulfonamides is 2. The molecule has 3 N–H and O–H groups in total. The maximum atomic E-state index is 13.2. The zero-order chi connectivity index (χ0) is 38.1. The summed E-state index contributed by atoms with van der Waals surface area (Å²) in [6.07, 6.45) is 9.63. The van der Waals surface area contributed by atoms with Gasteiger partial charge in [0.15, 0.2) is 0 Å². The topological polar surface area (TPSA) is 175 Å². The van der Waals surface area contributed by atoms with Gasteiger partial charge in [-0.05, 0) is 94.7 Å². The van der Waals surface area contributed by atoms with E-state index in [1.165, 1.54) is 22.6 Å². The summed E-state index contributed by atoms with van der Waals surface area (Å²) in [6.45, 7) is 6.22. The number of pyridine rings is 1. The van der Waals surface area contributed by atoms with Crippen molar-refractivity contribution < 1.29 is 36.3 Å². The number of carboxylic acids is 1. The van der Waals surface area contributed by atoms with Gasteiger partial charge in [-0.2, -0.15) is 9.03 Å². The van der Waals surface area contributed by atoms with Crippen LogP contribution in [0.5, 0.6) is 0 Å². The van der Waals surface area contributed by atoms with E-state index < -0.39 is 38.2 Å². The predicted molar refractivity (Wildman–Crippen MR) is 209 cm³/mol. The normalized spacial score (nSPS) is 17.2. The van der Waals surface area contributed by atoms with E-state index in [2.05, 4.69) is 58.4 Å². The summed E-state index contributed by atoms with van der Waals surface area (Å²) in [5.74, 6) is 0.349. The number of ether oxygens (including phenoxy) is 1. The first-order chi connectivity index (χ1) is 24.6. The van der Waals surface area contributed by atoms with E-state index in [1.54, 1.807) is 0 Å².